The third-order valence-corrected chi connectivity index (χ3v) is 15.3. The molecule has 6 heterocycles. The number of amides is 2. The molecule has 2 fully saturated rings. The summed E-state index contributed by atoms with van der Waals surface area (Å²) in [5, 5.41) is 50.5. The lowest BCUT2D eigenvalue weighted by Gasteiger charge is -2.38. The first-order valence-corrected chi connectivity index (χ1v) is 25.6. The normalized spacial score (nSPS) is 16.5. The van der Waals surface area contributed by atoms with Gasteiger partial charge in [0.05, 0.1) is 17.7 Å². The molecule has 4 N–H and O–H groups in total. The number of carboxylic acid groups (broad SMARTS) is 1. The summed E-state index contributed by atoms with van der Waals surface area (Å²) in [6.45, 7) is 15.1. The molecule has 3 aromatic heterocycles. The summed E-state index contributed by atoms with van der Waals surface area (Å²) in [6.07, 6.45) is 0.857. The number of carboxylic acids is 1. The van der Waals surface area contributed by atoms with E-state index in [1.165, 1.54) is 22.1 Å². The van der Waals surface area contributed by atoms with Gasteiger partial charge in [-0.15, -0.1) is 31.7 Å². The largest absolute Gasteiger partial charge is 0.508 e. The summed E-state index contributed by atoms with van der Waals surface area (Å²) < 4.78 is 35.5. The number of hydrogen-bond donors (Lipinski definition) is 4. The summed E-state index contributed by atoms with van der Waals surface area (Å²) in [5.41, 5.74) is 7.02. The average Bonchev–Trinajstić information content (AvgIpc) is 4.03. The fourth-order valence-electron chi connectivity index (χ4n) is 9.82. The molecule has 3 aliphatic heterocycles. The van der Waals surface area contributed by atoms with Crippen LogP contribution in [0.3, 0.4) is 0 Å². The minimum atomic E-state index is -5.08. The molecule has 3 aromatic carbocycles. The highest BCUT2D eigenvalue weighted by atomic mass is 35.5. The fourth-order valence-corrected chi connectivity index (χ4v) is 11.2. The van der Waals surface area contributed by atoms with Gasteiger partial charge < -0.3 is 30.4 Å². The number of hydrogen-bond acceptors (Lipinski definition) is 12. The standard InChI is InChI=1S/C50H57ClN10O4S.C2HF3O2/c1-6-35-25-39(42(63)27-41(35)62)46-55-57-48(49(65)52-7-2)61(46)38-14-8-32(9-15-38)24-33-16-20-58(21-17-33)28-34-18-22-59(23-19-34)43(64)26-40-47-56-54-31(5)60(47)50-44(29(3)30(4)66-50)45(53-40)36-10-12-37(51)13-11-36;3-2(4,5)1(6)7/h8-15,25,27,33-34,40,62-63H,6-7,16-24,26,28H2,1-5H3,(H,52,65);(H,6,7)/t40-;/m0./s1. The van der Waals surface area contributed by atoms with E-state index in [-0.39, 0.29) is 35.6 Å². The second kappa shape index (κ2) is 22.2. The highest BCUT2D eigenvalue weighted by molar-refractivity contribution is 7.15. The number of aliphatic carboxylic acids is 1. The molecular formula is C52H58ClF3N10O6S. The summed E-state index contributed by atoms with van der Waals surface area (Å²) in [5.74, 6) is -0.132. The number of benzene rings is 3. The van der Waals surface area contributed by atoms with Crippen LogP contribution >= 0.6 is 22.9 Å². The van der Waals surface area contributed by atoms with Crippen molar-refractivity contribution in [1.82, 2.24) is 44.6 Å². The Labute approximate surface area is 429 Å². The van der Waals surface area contributed by atoms with E-state index >= 15 is 0 Å². The number of nitrogens with one attached hydrogen (secondary N) is 1. The number of aromatic nitrogens is 6. The number of alkyl halides is 3. The average molecular weight is 1040 g/mol. The number of fused-ring (bicyclic) bond motifs is 3. The molecule has 6 aromatic rings. The van der Waals surface area contributed by atoms with Gasteiger partial charge in [-0.3, -0.25) is 23.7 Å². The van der Waals surface area contributed by atoms with Crippen molar-refractivity contribution in [3.8, 4) is 33.6 Å². The molecule has 73 heavy (non-hydrogen) atoms. The number of carbonyl (C=O) groups excluding carboxylic acids is 2. The van der Waals surface area contributed by atoms with E-state index in [4.69, 9.17) is 26.5 Å². The molecule has 0 saturated carbocycles. The Kier molecular flexibility index (Phi) is 16.0. The molecule has 0 aliphatic carbocycles. The van der Waals surface area contributed by atoms with E-state index in [1.807, 2.05) is 62.1 Å². The van der Waals surface area contributed by atoms with Gasteiger partial charge in [0, 0.05) is 59.0 Å². The second-order valence-corrected chi connectivity index (χ2v) is 20.4. The topological polar surface area (TPSA) is 204 Å². The maximum Gasteiger partial charge on any atom is 0.490 e. The number of aromatic hydroxyl groups is 2. The molecule has 16 nitrogen and oxygen atoms in total. The molecule has 1 atom stereocenters. The van der Waals surface area contributed by atoms with Gasteiger partial charge in [-0.1, -0.05) is 42.8 Å². The summed E-state index contributed by atoms with van der Waals surface area (Å²) in [7, 11) is 0. The van der Waals surface area contributed by atoms with Crippen LogP contribution in [-0.2, 0) is 22.4 Å². The lowest BCUT2D eigenvalue weighted by atomic mass is 9.89. The van der Waals surface area contributed by atoms with Crippen LogP contribution in [0.1, 0.15) is 107 Å². The van der Waals surface area contributed by atoms with Crippen molar-refractivity contribution in [1.29, 1.82) is 0 Å². The van der Waals surface area contributed by atoms with Gasteiger partial charge in [-0.2, -0.15) is 13.2 Å². The number of likely N-dealkylation sites (tertiary alicyclic amines) is 2. The van der Waals surface area contributed by atoms with Crippen molar-refractivity contribution in [2.75, 3.05) is 39.3 Å². The summed E-state index contributed by atoms with van der Waals surface area (Å²) in [6, 6.07) is 18.5. The molecule has 0 radical (unpaired) electrons. The number of phenolic OH excluding ortho intramolecular Hbond substituents is 2. The lowest BCUT2D eigenvalue weighted by Crippen LogP contribution is -2.43. The smallest absolute Gasteiger partial charge is 0.490 e. The highest BCUT2D eigenvalue weighted by Crippen LogP contribution is 2.41. The Balaban J connectivity index is 0.000000948. The Morgan fingerprint density at radius 2 is 1.49 bits per heavy atom. The van der Waals surface area contributed by atoms with Crippen LogP contribution in [0.2, 0.25) is 5.02 Å². The molecule has 9 rings (SSSR count). The molecule has 21 heteroatoms. The minimum absolute atomic E-state index is 0.00626. The van der Waals surface area contributed by atoms with Crippen molar-refractivity contribution in [3.05, 3.63) is 116 Å². The van der Waals surface area contributed by atoms with E-state index in [9.17, 15) is 33.0 Å². The number of piperidine rings is 2. The van der Waals surface area contributed by atoms with Gasteiger partial charge >= 0.3 is 12.1 Å². The molecular weight excluding hydrogens is 985 g/mol. The number of aliphatic imine (C=N–C) groups is 1. The van der Waals surface area contributed by atoms with Gasteiger partial charge in [0.25, 0.3) is 5.91 Å². The number of carbonyl (C=O) groups is 3. The Hall–Kier alpha value is -6.64. The van der Waals surface area contributed by atoms with Crippen LogP contribution in [-0.4, -0.2) is 124 Å². The molecule has 3 aliphatic rings. The van der Waals surface area contributed by atoms with Gasteiger partial charge in [0.15, 0.2) is 11.6 Å². The molecule has 0 bridgehead atoms. The van der Waals surface area contributed by atoms with Crippen molar-refractivity contribution in [2.45, 2.75) is 91.8 Å². The SMILES string of the molecule is CCNC(=O)c1nnc(-c2cc(CC)c(O)cc2O)n1-c1ccc(CC2CCN(CC3CCN(C(=O)C[C@@H]4N=C(c5ccc(Cl)cc5)c5c(sc(C)c5C)-n5c(C)nnc54)CC3)CC2)cc1.O=C(O)C(F)(F)F. The highest BCUT2D eigenvalue weighted by Gasteiger charge is 2.38. The van der Waals surface area contributed by atoms with Gasteiger partial charge in [-0.05, 0) is 138 Å². The molecule has 0 unspecified atom stereocenters. The number of thiophene rings is 1. The molecule has 0 spiro atoms. The monoisotopic (exact) mass is 1040 g/mol. The van der Waals surface area contributed by atoms with Crippen molar-refractivity contribution in [3.63, 3.8) is 0 Å². The number of nitrogens with zero attached hydrogens (tertiary/aromatic N) is 9. The number of halogens is 4. The fraction of sp³-hybridized carbons (Fsp3) is 0.423. The number of aryl methyl sites for hydroxylation is 3. The van der Waals surface area contributed by atoms with Crippen LogP contribution in [0.4, 0.5) is 13.2 Å². The summed E-state index contributed by atoms with van der Waals surface area (Å²) >= 11 is 8.01. The quantitative estimate of drug-likeness (QED) is 0.0911. The first kappa shape index (κ1) is 52.7. The maximum atomic E-state index is 14.1. The zero-order valence-corrected chi connectivity index (χ0v) is 42.8. The van der Waals surface area contributed by atoms with E-state index < -0.39 is 18.2 Å². The van der Waals surface area contributed by atoms with Crippen LogP contribution in [0.5, 0.6) is 11.5 Å². The van der Waals surface area contributed by atoms with Gasteiger partial charge in [0.2, 0.25) is 11.7 Å². The zero-order valence-electron chi connectivity index (χ0n) is 41.2. The predicted octanol–water partition coefficient (Wildman–Crippen LogP) is 8.99. The predicted molar refractivity (Wildman–Crippen MR) is 271 cm³/mol. The van der Waals surface area contributed by atoms with Crippen molar-refractivity contribution >= 4 is 46.4 Å². The van der Waals surface area contributed by atoms with E-state index in [1.54, 1.807) is 22.0 Å². The summed E-state index contributed by atoms with van der Waals surface area (Å²) in [4.78, 5) is 47.3. The zero-order chi connectivity index (χ0) is 52.3. The maximum absolute atomic E-state index is 14.1. The third-order valence-electron chi connectivity index (χ3n) is 13.9. The van der Waals surface area contributed by atoms with E-state index in [0.717, 1.165) is 92.5 Å². The minimum Gasteiger partial charge on any atom is -0.508 e. The second-order valence-electron chi connectivity index (χ2n) is 18.7. The van der Waals surface area contributed by atoms with Crippen LogP contribution < -0.4 is 5.32 Å². The van der Waals surface area contributed by atoms with Gasteiger partial charge in [0.1, 0.15) is 28.4 Å². The molecule has 2 amide bonds. The molecule has 2 saturated heterocycles. The Bertz CT molecular complexity index is 3010. The van der Waals surface area contributed by atoms with Gasteiger partial charge in [-0.25, -0.2) is 4.79 Å². The van der Waals surface area contributed by atoms with E-state index in [2.05, 4.69) is 61.2 Å². The first-order chi connectivity index (χ1) is 34.8. The van der Waals surface area contributed by atoms with Crippen molar-refractivity contribution in [2.24, 2.45) is 16.8 Å². The number of rotatable bonds is 12. The van der Waals surface area contributed by atoms with Crippen LogP contribution in [0.25, 0.3) is 22.1 Å². The first-order valence-electron chi connectivity index (χ1n) is 24.4. The lowest BCUT2D eigenvalue weighted by molar-refractivity contribution is -0.192. The van der Waals surface area contributed by atoms with Crippen LogP contribution in [0.15, 0.2) is 65.7 Å². The molecule has 386 valence electrons. The van der Waals surface area contributed by atoms with Crippen molar-refractivity contribution < 1.29 is 42.9 Å². The number of phenols is 2. The Morgan fingerprint density at radius 1 is 0.836 bits per heavy atom. The third kappa shape index (κ3) is 11.6. The van der Waals surface area contributed by atoms with Crippen LogP contribution in [0, 0.1) is 32.6 Å². The Morgan fingerprint density at radius 3 is 2.12 bits per heavy atom. The van der Waals surface area contributed by atoms with E-state index in [0.29, 0.717) is 58.3 Å².